The van der Waals surface area contributed by atoms with Crippen molar-refractivity contribution in [3.63, 3.8) is 0 Å². The van der Waals surface area contributed by atoms with Gasteiger partial charge in [0.1, 0.15) is 11.9 Å². The van der Waals surface area contributed by atoms with Crippen LogP contribution in [-0.2, 0) is 0 Å². The van der Waals surface area contributed by atoms with Crippen LogP contribution in [0.5, 0.6) is 5.75 Å². The molecule has 1 aromatic carbocycles. The highest BCUT2D eigenvalue weighted by Gasteiger charge is 2.44. The predicted molar refractivity (Wildman–Crippen MR) is 110 cm³/mol. The Morgan fingerprint density at radius 1 is 1.17 bits per heavy atom. The SMILES string of the molecule is CC(Oc1ccccc1)C1NNC2CCN(C(=O)c3cc4ccccn4n3)CC21. The summed E-state index contributed by atoms with van der Waals surface area (Å²) in [5.41, 5.74) is 8.24. The molecule has 3 aromatic rings. The average Bonchev–Trinajstić information content (AvgIpc) is 3.37. The molecule has 2 N–H and O–H groups in total. The number of carbonyl (C=O) groups excluding carboxylic acids is 1. The standard InChI is InChI=1S/C22H25N5O2/c1-15(29-17-8-3-2-4-9-17)21-18-14-26(12-10-19(18)23-24-21)22(28)20-13-16-7-5-6-11-27(16)25-20/h2-9,11,13,15,18-19,21,23-24H,10,12,14H2,1H3. The van der Waals surface area contributed by atoms with Gasteiger partial charge in [-0.25, -0.2) is 4.52 Å². The number of hydrogen-bond donors (Lipinski definition) is 2. The molecule has 7 nitrogen and oxygen atoms in total. The minimum absolute atomic E-state index is 0.00516. The van der Waals surface area contributed by atoms with Crippen molar-refractivity contribution in [2.75, 3.05) is 13.1 Å². The number of benzene rings is 1. The van der Waals surface area contributed by atoms with Crippen molar-refractivity contribution in [1.82, 2.24) is 25.4 Å². The Morgan fingerprint density at radius 2 is 2.00 bits per heavy atom. The van der Waals surface area contributed by atoms with E-state index in [4.69, 9.17) is 4.74 Å². The number of aromatic nitrogens is 2. The highest BCUT2D eigenvalue weighted by Crippen LogP contribution is 2.28. The normalized spacial score (nSPS) is 25.0. The summed E-state index contributed by atoms with van der Waals surface area (Å²) in [5.74, 6) is 1.14. The van der Waals surface area contributed by atoms with E-state index in [1.54, 1.807) is 4.52 Å². The van der Waals surface area contributed by atoms with E-state index in [2.05, 4.69) is 22.9 Å². The Labute approximate surface area is 169 Å². The van der Waals surface area contributed by atoms with Crippen LogP contribution in [0.3, 0.4) is 0 Å². The number of ether oxygens (including phenoxy) is 1. The summed E-state index contributed by atoms with van der Waals surface area (Å²) in [4.78, 5) is 15.0. The number of rotatable bonds is 4. The zero-order valence-electron chi connectivity index (χ0n) is 16.4. The van der Waals surface area contributed by atoms with Gasteiger partial charge in [-0.3, -0.25) is 15.6 Å². The Bertz CT molecular complexity index is 972. The topological polar surface area (TPSA) is 70.9 Å². The monoisotopic (exact) mass is 391 g/mol. The molecule has 0 spiro atoms. The lowest BCUT2D eigenvalue weighted by Gasteiger charge is -2.37. The summed E-state index contributed by atoms with van der Waals surface area (Å²) >= 11 is 0. The molecule has 0 aliphatic carbocycles. The molecule has 4 unspecified atom stereocenters. The van der Waals surface area contributed by atoms with Crippen molar-refractivity contribution >= 4 is 11.4 Å². The first kappa shape index (κ1) is 18.1. The van der Waals surface area contributed by atoms with Gasteiger partial charge < -0.3 is 9.64 Å². The van der Waals surface area contributed by atoms with Crippen LogP contribution in [-0.4, -0.2) is 51.7 Å². The molecule has 29 heavy (non-hydrogen) atoms. The largest absolute Gasteiger partial charge is 0.489 e. The Hall–Kier alpha value is -2.90. The molecule has 1 amide bonds. The number of hydrazine groups is 1. The zero-order chi connectivity index (χ0) is 19.8. The smallest absolute Gasteiger partial charge is 0.274 e. The summed E-state index contributed by atoms with van der Waals surface area (Å²) in [6, 6.07) is 18.0. The first-order valence-electron chi connectivity index (χ1n) is 10.2. The van der Waals surface area contributed by atoms with Gasteiger partial charge in [0.05, 0.1) is 11.6 Å². The van der Waals surface area contributed by atoms with Gasteiger partial charge in [0.2, 0.25) is 0 Å². The van der Waals surface area contributed by atoms with Crippen molar-refractivity contribution in [3.8, 4) is 5.75 Å². The summed E-state index contributed by atoms with van der Waals surface area (Å²) in [6.07, 6.45) is 2.75. The van der Waals surface area contributed by atoms with E-state index in [1.807, 2.05) is 65.7 Å². The third kappa shape index (κ3) is 3.47. The van der Waals surface area contributed by atoms with Crippen LogP contribution >= 0.6 is 0 Å². The van der Waals surface area contributed by atoms with Crippen molar-refractivity contribution in [3.05, 3.63) is 66.5 Å². The summed E-state index contributed by atoms with van der Waals surface area (Å²) in [6.45, 7) is 3.49. The van der Waals surface area contributed by atoms with Gasteiger partial charge >= 0.3 is 0 Å². The minimum Gasteiger partial charge on any atom is -0.489 e. The van der Waals surface area contributed by atoms with Gasteiger partial charge in [0, 0.05) is 31.2 Å². The molecule has 150 valence electrons. The molecular formula is C22H25N5O2. The van der Waals surface area contributed by atoms with Gasteiger partial charge in [-0.1, -0.05) is 24.3 Å². The number of nitrogens with one attached hydrogen (secondary N) is 2. The van der Waals surface area contributed by atoms with Gasteiger partial charge in [-0.2, -0.15) is 5.10 Å². The maximum absolute atomic E-state index is 13.1. The van der Waals surface area contributed by atoms with Crippen LogP contribution in [0.2, 0.25) is 0 Å². The van der Waals surface area contributed by atoms with Crippen molar-refractivity contribution in [2.45, 2.75) is 31.5 Å². The van der Waals surface area contributed by atoms with E-state index in [0.29, 0.717) is 18.3 Å². The number of para-hydroxylation sites is 1. The number of piperidine rings is 1. The quantitative estimate of drug-likeness (QED) is 0.713. The van der Waals surface area contributed by atoms with E-state index < -0.39 is 0 Å². The highest BCUT2D eigenvalue weighted by molar-refractivity contribution is 5.93. The summed E-state index contributed by atoms with van der Waals surface area (Å²) < 4.78 is 7.89. The summed E-state index contributed by atoms with van der Waals surface area (Å²) in [7, 11) is 0. The fourth-order valence-electron chi connectivity index (χ4n) is 4.48. The second kappa shape index (κ2) is 7.50. The molecule has 2 saturated heterocycles. The van der Waals surface area contributed by atoms with Crippen LogP contribution in [0.15, 0.2) is 60.8 Å². The summed E-state index contributed by atoms with van der Waals surface area (Å²) in [5, 5.41) is 4.45. The van der Waals surface area contributed by atoms with Gasteiger partial charge in [-0.05, 0) is 43.7 Å². The predicted octanol–water partition coefficient (Wildman–Crippen LogP) is 2.11. The molecule has 0 bridgehead atoms. The molecule has 5 rings (SSSR count). The van der Waals surface area contributed by atoms with E-state index in [-0.39, 0.29) is 24.0 Å². The molecule has 7 heteroatoms. The van der Waals surface area contributed by atoms with Crippen LogP contribution < -0.4 is 15.6 Å². The van der Waals surface area contributed by atoms with Crippen LogP contribution in [0.4, 0.5) is 0 Å². The lowest BCUT2D eigenvalue weighted by Crippen LogP contribution is -2.51. The van der Waals surface area contributed by atoms with E-state index in [9.17, 15) is 4.79 Å². The van der Waals surface area contributed by atoms with Crippen molar-refractivity contribution < 1.29 is 9.53 Å². The third-order valence-electron chi connectivity index (χ3n) is 6.00. The van der Waals surface area contributed by atoms with Crippen molar-refractivity contribution in [1.29, 1.82) is 0 Å². The number of nitrogens with zero attached hydrogens (tertiary/aromatic N) is 3. The Balaban J connectivity index is 1.30. The number of pyridine rings is 1. The Kier molecular flexibility index (Phi) is 4.69. The second-order valence-electron chi connectivity index (χ2n) is 7.86. The molecule has 2 fully saturated rings. The van der Waals surface area contributed by atoms with E-state index in [1.165, 1.54) is 0 Å². The fraction of sp³-hybridized carbons (Fsp3) is 0.364. The highest BCUT2D eigenvalue weighted by atomic mass is 16.5. The van der Waals surface area contributed by atoms with Crippen molar-refractivity contribution in [2.24, 2.45) is 5.92 Å². The fourth-order valence-corrected chi connectivity index (χ4v) is 4.48. The first-order valence-corrected chi connectivity index (χ1v) is 10.2. The molecule has 4 heterocycles. The molecule has 2 aliphatic rings. The third-order valence-corrected chi connectivity index (χ3v) is 6.00. The number of fused-ring (bicyclic) bond motifs is 2. The second-order valence-corrected chi connectivity index (χ2v) is 7.86. The van der Waals surface area contributed by atoms with Gasteiger partial charge in [-0.15, -0.1) is 0 Å². The number of carbonyl (C=O) groups is 1. The van der Waals surface area contributed by atoms with Crippen LogP contribution in [0.25, 0.3) is 5.52 Å². The first-order chi connectivity index (χ1) is 14.2. The van der Waals surface area contributed by atoms with Crippen LogP contribution in [0, 0.1) is 5.92 Å². The van der Waals surface area contributed by atoms with E-state index in [0.717, 1.165) is 24.2 Å². The van der Waals surface area contributed by atoms with Crippen LogP contribution in [0.1, 0.15) is 23.8 Å². The molecule has 2 aromatic heterocycles. The molecule has 4 atom stereocenters. The maximum atomic E-state index is 13.1. The minimum atomic E-state index is -0.0230. The lowest BCUT2D eigenvalue weighted by molar-refractivity contribution is 0.0601. The zero-order valence-corrected chi connectivity index (χ0v) is 16.4. The molecule has 0 radical (unpaired) electrons. The van der Waals surface area contributed by atoms with E-state index >= 15 is 0 Å². The molecular weight excluding hydrogens is 366 g/mol. The average molecular weight is 391 g/mol. The molecule has 2 aliphatic heterocycles. The van der Waals surface area contributed by atoms with Gasteiger partial charge in [0.25, 0.3) is 5.91 Å². The number of hydrogen-bond acceptors (Lipinski definition) is 5. The Morgan fingerprint density at radius 3 is 2.83 bits per heavy atom. The number of likely N-dealkylation sites (tertiary alicyclic amines) is 1. The van der Waals surface area contributed by atoms with Gasteiger partial charge in [0.15, 0.2) is 5.69 Å². The maximum Gasteiger partial charge on any atom is 0.274 e. The molecule has 0 saturated carbocycles. The number of amides is 1. The lowest BCUT2D eigenvalue weighted by atomic mass is 9.86.